The Morgan fingerprint density at radius 2 is 1.61 bits per heavy atom. The van der Waals surface area contributed by atoms with Gasteiger partial charge < -0.3 is 4.74 Å². The van der Waals surface area contributed by atoms with Gasteiger partial charge >= 0.3 is 5.97 Å². The van der Waals surface area contributed by atoms with E-state index in [1.54, 1.807) is 12.1 Å². The number of benzene rings is 2. The summed E-state index contributed by atoms with van der Waals surface area (Å²) in [6.07, 6.45) is 0.653. The Kier molecular flexibility index (Phi) is 7.23. The molecule has 0 radical (unpaired) electrons. The van der Waals surface area contributed by atoms with Gasteiger partial charge in [0.05, 0.1) is 10.8 Å². The van der Waals surface area contributed by atoms with Gasteiger partial charge in [-0.3, -0.25) is 9.59 Å². The molecule has 0 N–H and O–H groups in total. The molecule has 0 bridgehead atoms. The van der Waals surface area contributed by atoms with Crippen molar-refractivity contribution in [1.82, 2.24) is 4.31 Å². The van der Waals surface area contributed by atoms with Crippen LogP contribution in [0.2, 0.25) is 0 Å². The van der Waals surface area contributed by atoms with Crippen LogP contribution in [0.3, 0.4) is 0 Å². The fraction of sp³-hybridized carbons (Fsp3) is 0.391. The molecule has 31 heavy (non-hydrogen) atoms. The maximum absolute atomic E-state index is 12.9. The van der Waals surface area contributed by atoms with Gasteiger partial charge in [-0.1, -0.05) is 26.0 Å². The summed E-state index contributed by atoms with van der Waals surface area (Å²) in [5.74, 6) is -1.54. The minimum atomic E-state index is -3.62. The number of piperidine rings is 1. The van der Waals surface area contributed by atoms with E-state index in [2.05, 4.69) is 0 Å². The van der Waals surface area contributed by atoms with Crippen LogP contribution in [-0.4, -0.2) is 44.2 Å². The van der Waals surface area contributed by atoms with Gasteiger partial charge in [0.15, 0.2) is 12.4 Å². The minimum absolute atomic E-state index is 0.208. The number of sulfonamides is 1. The van der Waals surface area contributed by atoms with E-state index >= 15 is 0 Å². The van der Waals surface area contributed by atoms with Crippen molar-refractivity contribution in [3.8, 4) is 0 Å². The van der Waals surface area contributed by atoms with Gasteiger partial charge in [0.1, 0.15) is 5.82 Å². The number of esters is 1. The zero-order chi connectivity index (χ0) is 22.6. The third kappa shape index (κ3) is 5.57. The van der Waals surface area contributed by atoms with Crippen molar-refractivity contribution >= 4 is 21.8 Å². The van der Waals surface area contributed by atoms with Gasteiger partial charge in [-0.25, -0.2) is 12.8 Å². The zero-order valence-electron chi connectivity index (χ0n) is 17.6. The molecule has 6 nitrogen and oxygen atoms in total. The molecule has 1 fully saturated rings. The number of hydrogen-bond donors (Lipinski definition) is 0. The maximum atomic E-state index is 12.9. The van der Waals surface area contributed by atoms with Crippen LogP contribution in [0.5, 0.6) is 0 Å². The van der Waals surface area contributed by atoms with Crippen molar-refractivity contribution < 1.29 is 27.1 Å². The summed E-state index contributed by atoms with van der Waals surface area (Å²) in [6.45, 7) is 4.08. The lowest BCUT2D eigenvalue weighted by atomic mass is 9.98. The van der Waals surface area contributed by atoms with Gasteiger partial charge in [0, 0.05) is 18.7 Å². The highest BCUT2D eigenvalue weighted by Crippen LogP contribution is 2.26. The van der Waals surface area contributed by atoms with Crippen LogP contribution < -0.4 is 0 Å². The number of nitrogens with zero attached hydrogens (tertiary/aromatic N) is 1. The second-order valence-electron chi connectivity index (χ2n) is 7.94. The number of hydrogen-bond acceptors (Lipinski definition) is 5. The Labute approximate surface area is 182 Å². The molecule has 1 heterocycles. The van der Waals surface area contributed by atoms with Crippen LogP contribution in [0.1, 0.15) is 48.5 Å². The number of rotatable bonds is 7. The lowest BCUT2D eigenvalue weighted by molar-refractivity contribution is -0.148. The first-order chi connectivity index (χ1) is 14.7. The summed E-state index contributed by atoms with van der Waals surface area (Å²) < 4.78 is 45.2. The molecular formula is C23H26FNO5S. The predicted octanol–water partition coefficient (Wildman–Crippen LogP) is 3.78. The Hall–Kier alpha value is -2.58. The Morgan fingerprint density at radius 1 is 1.03 bits per heavy atom. The molecule has 166 valence electrons. The minimum Gasteiger partial charge on any atom is -0.457 e. The van der Waals surface area contributed by atoms with Crippen molar-refractivity contribution in [2.75, 3.05) is 19.7 Å². The van der Waals surface area contributed by atoms with E-state index < -0.39 is 40.1 Å². The fourth-order valence-electron chi connectivity index (χ4n) is 3.48. The Bertz CT molecular complexity index is 1020. The first kappa shape index (κ1) is 23.1. The topological polar surface area (TPSA) is 80.8 Å². The predicted molar refractivity (Wildman–Crippen MR) is 114 cm³/mol. The largest absolute Gasteiger partial charge is 0.457 e. The smallest absolute Gasteiger partial charge is 0.309 e. The van der Waals surface area contributed by atoms with Crippen LogP contribution in [0.15, 0.2) is 53.4 Å². The molecule has 0 saturated carbocycles. The van der Waals surface area contributed by atoms with Gasteiger partial charge in [0.2, 0.25) is 10.0 Å². The van der Waals surface area contributed by atoms with Crippen LogP contribution in [0, 0.1) is 11.7 Å². The maximum Gasteiger partial charge on any atom is 0.309 e. The number of ether oxygens (including phenoxy) is 1. The molecule has 0 unspecified atom stereocenters. The van der Waals surface area contributed by atoms with Crippen molar-refractivity contribution in [2.24, 2.45) is 5.92 Å². The summed E-state index contributed by atoms with van der Waals surface area (Å²) in [5.41, 5.74) is 1.33. The molecular weight excluding hydrogens is 421 g/mol. The molecule has 8 heteroatoms. The van der Waals surface area contributed by atoms with Crippen molar-refractivity contribution in [3.05, 3.63) is 65.5 Å². The lowest BCUT2D eigenvalue weighted by Gasteiger charge is -2.30. The average molecular weight is 448 g/mol. The monoisotopic (exact) mass is 447 g/mol. The second kappa shape index (κ2) is 9.70. The highest BCUT2D eigenvalue weighted by atomic mass is 32.2. The highest BCUT2D eigenvalue weighted by Gasteiger charge is 2.33. The second-order valence-corrected chi connectivity index (χ2v) is 9.88. The van der Waals surface area contributed by atoms with Crippen LogP contribution in [0.4, 0.5) is 4.39 Å². The molecule has 0 spiro atoms. The molecule has 1 aliphatic heterocycles. The standard InChI is InChI=1S/C23H26FNO5S/c1-16(2)17-5-9-21(10-6-17)31(28,29)25-13-11-19(12-14-25)23(27)30-15-22(26)18-3-7-20(24)8-4-18/h3-10,16,19H,11-15H2,1-2H3. The number of halogens is 1. The van der Waals surface area contributed by atoms with E-state index in [1.165, 1.54) is 28.6 Å². The molecule has 0 aliphatic carbocycles. The van der Waals surface area contributed by atoms with E-state index in [9.17, 15) is 22.4 Å². The normalized spacial score (nSPS) is 15.7. The van der Waals surface area contributed by atoms with Gasteiger partial charge in [-0.2, -0.15) is 4.31 Å². The van der Waals surface area contributed by atoms with E-state index in [0.717, 1.165) is 5.56 Å². The third-order valence-corrected chi connectivity index (χ3v) is 7.40. The first-order valence-electron chi connectivity index (χ1n) is 10.2. The van der Waals surface area contributed by atoms with Gasteiger partial charge in [-0.15, -0.1) is 0 Å². The molecule has 3 rings (SSSR count). The van der Waals surface area contributed by atoms with Gasteiger partial charge in [0.25, 0.3) is 0 Å². The van der Waals surface area contributed by atoms with Crippen LogP contribution in [-0.2, 0) is 19.6 Å². The third-order valence-electron chi connectivity index (χ3n) is 5.48. The number of Topliss-reactive ketones (excluding diaryl/α,β-unsaturated/α-hetero) is 1. The van der Waals surface area contributed by atoms with Crippen LogP contribution >= 0.6 is 0 Å². The van der Waals surface area contributed by atoms with Crippen molar-refractivity contribution in [2.45, 2.75) is 37.5 Å². The summed E-state index contributed by atoms with van der Waals surface area (Å²) in [4.78, 5) is 24.6. The Morgan fingerprint density at radius 3 is 2.16 bits per heavy atom. The zero-order valence-corrected chi connectivity index (χ0v) is 18.4. The van der Waals surface area contributed by atoms with E-state index in [-0.39, 0.29) is 23.5 Å². The molecule has 1 aliphatic rings. The summed E-state index contributed by atoms with van der Waals surface area (Å²) in [6, 6.07) is 11.9. The number of ketones is 1. The number of carbonyl (C=O) groups is 2. The fourth-order valence-corrected chi connectivity index (χ4v) is 4.95. The molecule has 0 aromatic heterocycles. The van der Waals surface area contributed by atoms with E-state index in [4.69, 9.17) is 4.74 Å². The average Bonchev–Trinajstić information content (AvgIpc) is 2.77. The van der Waals surface area contributed by atoms with E-state index in [1.807, 2.05) is 26.0 Å². The molecule has 0 atom stereocenters. The summed E-state index contributed by atoms with van der Waals surface area (Å²) >= 11 is 0. The van der Waals surface area contributed by atoms with Gasteiger partial charge in [-0.05, 0) is 60.7 Å². The van der Waals surface area contributed by atoms with E-state index in [0.29, 0.717) is 18.8 Å². The van der Waals surface area contributed by atoms with Crippen molar-refractivity contribution in [3.63, 3.8) is 0 Å². The summed E-state index contributed by atoms with van der Waals surface area (Å²) in [7, 11) is -3.62. The van der Waals surface area contributed by atoms with Crippen LogP contribution in [0.25, 0.3) is 0 Å². The quantitative estimate of drug-likeness (QED) is 0.477. The lowest BCUT2D eigenvalue weighted by Crippen LogP contribution is -2.40. The molecule has 2 aromatic carbocycles. The molecule has 0 amide bonds. The molecule has 2 aromatic rings. The SMILES string of the molecule is CC(C)c1ccc(S(=O)(=O)N2CCC(C(=O)OCC(=O)c3ccc(F)cc3)CC2)cc1. The molecule has 1 saturated heterocycles. The first-order valence-corrected chi connectivity index (χ1v) is 11.7. The number of carbonyl (C=O) groups excluding carboxylic acids is 2. The highest BCUT2D eigenvalue weighted by molar-refractivity contribution is 7.89. The summed E-state index contributed by atoms with van der Waals surface area (Å²) in [5, 5.41) is 0. The Balaban J connectivity index is 1.52. The van der Waals surface area contributed by atoms with Crippen molar-refractivity contribution in [1.29, 1.82) is 0 Å².